The molecule has 0 aromatic carbocycles. The molecule has 0 aromatic rings. The number of hydrogen-bond acceptors (Lipinski definition) is 5. The van der Waals surface area contributed by atoms with Crippen LogP contribution in [0.3, 0.4) is 0 Å². The highest BCUT2D eigenvalue weighted by atomic mass is 35.5. The fourth-order valence-corrected chi connectivity index (χ4v) is 3.74. The zero-order valence-corrected chi connectivity index (χ0v) is 13.1. The lowest BCUT2D eigenvalue weighted by Gasteiger charge is -2.23. The minimum Gasteiger partial charge on any atom is -0.353 e. The Morgan fingerprint density at radius 1 is 1.56 bits per heavy atom. The first-order chi connectivity index (χ1) is 7.87. The van der Waals surface area contributed by atoms with Crippen LogP contribution in [0.15, 0.2) is 0 Å². The highest BCUT2D eigenvalue weighted by Gasteiger charge is 2.18. The average molecular weight is 317 g/mol. The van der Waals surface area contributed by atoms with E-state index in [4.69, 9.17) is 0 Å². The van der Waals surface area contributed by atoms with E-state index in [-0.39, 0.29) is 36.2 Å². The van der Waals surface area contributed by atoms with Gasteiger partial charge in [-0.25, -0.2) is 8.42 Å². The van der Waals surface area contributed by atoms with E-state index in [1.165, 1.54) is 6.26 Å². The molecule has 0 radical (unpaired) electrons. The van der Waals surface area contributed by atoms with E-state index < -0.39 is 9.84 Å². The zero-order chi connectivity index (χ0) is 12.9. The van der Waals surface area contributed by atoms with Gasteiger partial charge < -0.3 is 10.6 Å². The fraction of sp³-hybridized carbons (Fsp3) is 0.900. The molecule has 1 fully saturated rings. The maximum Gasteiger partial charge on any atom is 0.221 e. The van der Waals surface area contributed by atoms with Gasteiger partial charge in [-0.15, -0.1) is 12.4 Å². The summed E-state index contributed by atoms with van der Waals surface area (Å²) in [6.07, 6.45) is 1.59. The standard InChI is InChI=1S/C10H20N2O3S2.ClH/c1-8(7-17(2,14)15)12-10(13)5-9-6-16-4-3-11-9;/h8-9,11H,3-7H2,1-2H3,(H,12,13);1H. The number of rotatable bonds is 5. The molecule has 0 aromatic heterocycles. The second kappa shape index (κ2) is 8.24. The van der Waals surface area contributed by atoms with Gasteiger partial charge in [0.1, 0.15) is 9.84 Å². The summed E-state index contributed by atoms with van der Waals surface area (Å²) in [7, 11) is -3.04. The van der Waals surface area contributed by atoms with E-state index in [2.05, 4.69) is 10.6 Å². The molecule has 0 aliphatic carbocycles. The summed E-state index contributed by atoms with van der Waals surface area (Å²) < 4.78 is 22.1. The largest absolute Gasteiger partial charge is 0.353 e. The second-order valence-electron chi connectivity index (χ2n) is 4.49. The smallest absolute Gasteiger partial charge is 0.221 e. The van der Waals surface area contributed by atoms with E-state index in [0.717, 1.165) is 18.1 Å². The maximum atomic E-state index is 11.7. The molecule has 2 atom stereocenters. The molecule has 2 N–H and O–H groups in total. The molecule has 8 heteroatoms. The molecule has 5 nitrogen and oxygen atoms in total. The Hall–Kier alpha value is 0.0200. The van der Waals surface area contributed by atoms with Gasteiger partial charge in [-0.05, 0) is 6.92 Å². The van der Waals surface area contributed by atoms with E-state index >= 15 is 0 Å². The van der Waals surface area contributed by atoms with Crippen LogP contribution in [0.25, 0.3) is 0 Å². The number of carbonyl (C=O) groups excluding carboxylic acids is 1. The van der Waals surface area contributed by atoms with Gasteiger partial charge in [0.25, 0.3) is 0 Å². The molecule has 1 saturated heterocycles. The van der Waals surface area contributed by atoms with Crippen LogP contribution in [0, 0.1) is 0 Å². The van der Waals surface area contributed by atoms with Crippen LogP contribution < -0.4 is 10.6 Å². The van der Waals surface area contributed by atoms with Crippen molar-refractivity contribution in [2.75, 3.05) is 30.1 Å². The monoisotopic (exact) mass is 316 g/mol. The first-order valence-electron chi connectivity index (χ1n) is 5.65. The molecular formula is C10H21ClN2O3S2. The van der Waals surface area contributed by atoms with Crippen LogP contribution >= 0.6 is 24.2 Å². The van der Waals surface area contributed by atoms with Crippen molar-refractivity contribution in [2.45, 2.75) is 25.4 Å². The summed E-state index contributed by atoms with van der Waals surface area (Å²) in [6.45, 7) is 2.64. The SMILES string of the molecule is CC(CS(C)(=O)=O)NC(=O)CC1CSCCN1.Cl. The predicted octanol–water partition coefficient (Wildman–Crippen LogP) is 0.0526. The van der Waals surface area contributed by atoms with Crippen molar-refractivity contribution < 1.29 is 13.2 Å². The number of amides is 1. The van der Waals surface area contributed by atoms with Crippen LogP contribution in [0.1, 0.15) is 13.3 Å². The molecule has 0 spiro atoms. The van der Waals surface area contributed by atoms with E-state index in [1.807, 2.05) is 11.8 Å². The van der Waals surface area contributed by atoms with Gasteiger partial charge in [0.15, 0.2) is 0 Å². The number of carbonyl (C=O) groups is 1. The van der Waals surface area contributed by atoms with Crippen molar-refractivity contribution in [3.63, 3.8) is 0 Å². The zero-order valence-electron chi connectivity index (χ0n) is 10.6. The Balaban J connectivity index is 0.00000289. The quantitative estimate of drug-likeness (QED) is 0.750. The maximum absolute atomic E-state index is 11.7. The Kier molecular flexibility index (Phi) is 8.25. The highest BCUT2D eigenvalue weighted by Crippen LogP contribution is 2.10. The fourth-order valence-electron chi connectivity index (χ4n) is 1.80. The molecule has 1 aliphatic rings. The normalized spacial score (nSPS) is 21.8. The Morgan fingerprint density at radius 3 is 2.72 bits per heavy atom. The second-order valence-corrected chi connectivity index (χ2v) is 7.83. The third-order valence-corrected chi connectivity index (χ3v) is 4.63. The Bertz CT molecular complexity index is 356. The first kappa shape index (κ1) is 18.0. The minimum absolute atomic E-state index is 0. The van der Waals surface area contributed by atoms with Crippen molar-refractivity contribution in [3.8, 4) is 0 Å². The number of sulfone groups is 1. The Morgan fingerprint density at radius 2 is 2.22 bits per heavy atom. The lowest BCUT2D eigenvalue weighted by atomic mass is 10.2. The molecule has 1 amide bonds. The van der Waals surface area contributed by atoms with Crippen molar-refractivity contribution in [1.82, 2.24) is 10.6 Å². The van der Waals surface area contributed by atoms with Gasteiger partial charge >= 0.3 is 0 Å². The van der Waals surface area contributed by atoms with Crippen molar-refractivity contribution in [1.29, 1.82) is 0 Å². The lowest BCUT2D eigenvalue weighted by molar-refractivity contribution is -0.121. The summed E-state index contributed by atoms with van der Waals surface area (Å²) in [5.41, 5.74) is 0. The third-order valence-electron chi connectivity index (χ3n) is 2.39. The summed E-state index contributed by atoms with van der Waals surface area (Å²) in [4.78, 5) is 11.7. The summed E-state index contributed by atoms with van der Waals surface area (Å²) >= 11 is 1.84. The Labute approximate surface area is 119 Å². The minimum atomic E-state index is -3.04. The van der Waals surface area contributed by atoms with Crippen LogP contribution in [0.5, 0.6) is 0 Å². The third kappa shape index (κ3) is 8.18. The highest BCUT2D eigenvalue weighted by molar-refractivity contribution is 7.99. The molecule has 18 heavy (non-hydrogen) atoms. The van der Waals surface area contributed by atoms with Gasteiger partial charge in [-0.2, -0.15) is 11.8 Å². The van der Waals surface area contributed by atoms with Gasteiger partial charge in [-0.1, -0.05) is 0 Å². The van der Waals surface area contributed by atoms with E-state index in [9.17, 15) is 13.2 Å². The lowest BCUT2D eigenvalue weighted by Crippen LogP contribution is -2.44. The topological polar surface area (TPSA) is 75.3 Å². The van der Waals surface area contributed by atoms with Crippen molar-refractivity contribution >= 4 is 39.9 Å². The predicted molar refractivity (Wildman–Crippen MR) is 78.3 cm³/mol. The van der Waals surface area contributed by atoms with Gasteiger partial charge in [0.05, 0.1) is 5.75 Å². The molecular weight excluding hydrogens is 296 g/mol. The number of nitrogens with one attached hydrogen (secondary N) is 2. The van der Waals surface area contributed by atoms with Gasteiger partial charge in [0, 0.05) is 42.8 Å². The number of hydrogen-bond donors (Lipinski definition) is 2. The van der Waals surface area contributed by atoms with Gasteiger partial charge in [-0.3, -0.25) is 4.79 Å². The van der Waals surface area contributed by atoms with Crippen molar-refractivity contribution in [3.05, 3.63) is 0 Å². The van der Waals surface area contributed by atoms with E-state index in [1.54, 1.807) is 6.92 Å². The van der Waals surface area contributed by atoms with Crippen LogP contribution in [0.4, 0.5) is 0 Å². The molecule has 108 valence electrons. The average Bonchev–Trinajstić information content (AvgIpc) is 2.15. The van der Waals surface area contributed by atoms with Crippen LogP contribution in [-0.2, 0) is 14.6 Å². The molecule has 1 heterocycles. The molecule has 0 bridgehead atoms. The summed E-state index contributed by atoms with van der Waals surface area (Å²) in [6, 6.07) is -0.118. The molecule has 0 saturated carbocycles. The summed E-state index contributed by atoms with van der Waals surface area (Å²) in [5.74, 6) is 1.93. The number of halogens is 1. The van der Waals surface area contributed by atoms with Crippen LogP contribution in [-0.4, -0.2) is 56.5 Å². The van der Waals surface area contributed by atoms with Gasteiger partial charge in [0.2, 0.25) is 5.91 Å². The molecule has 2 unspecified atom stereocenters. The molecule has 1 rings (SSSR count). The first-order valence-corrected chi connectivity index (χ1v) is 8.86. The number of thioether (sulfide) groups is 1. The van der Waals surface area contributed by atoms with Crippen LogP contribution in [0.2, 0.25) is 0 Å². The summed E-state index contributed by atoms with van der Waals surface area (Å²) in [5, 5.41) is 5.99. The molecule has 1 aliphatic heterocycles. The van der Waals surface area contributed by atoms with E-state index in [0.29, 0.717) is 6.42 Å². The van der Waals surface area contributed by atoms with Crippen molar-refractivity contribution in [2.24, 2.45) is 0 Å².